The summed E-state index contributed by atoms with van der Waals surface area (Å²) in [6, 6.07) is 0. The first kappa shape index (κ1) is 20.2. The highest BCUT2D eigenvalue weighted by molar-refractivity contribution is 4.95. The van der Waals surface area contributed by atoms with Gasteiger partial charge in [0.15, 0.2) is 0 Å². The van der Waals surface area contributed by atoms with Gasteiger partial charge in [-0.3, -0.25) is 0 Å². The summed E-state index contributed by atoms with van der Waals surface area (Å²) in [5.41, 5.74) is 0. The topological polar surface area (TPSA) is 40.5 Å². The molecule has 8 atom stereocenters. The van der Waals surface area contributed by atoms with Crippen LogP contribution in [0.25, 0.3) is 0 Å². The van der Waals surface area contributed by atoms with Crippen LogP contribution >= 0.6 is 0 Å². The Morgan fingerprint density at radius 1 is 0.750 bits per heavy atom. The van der Waals surface area contributed by atoms with Gasteiger partial charge < -0.3 is 10.2 Å². The van der Waals surface area contributed by atoms with Crippen LogP contribution in [0.5, 0.6) is 0 Å². The molecule has 2 nitrogen and oxygen atoms in total. The highest BCUT2D eigenvalue weighted by Crippen LogP contribution is 2.48. The number of rotatable bonds is 6. The van der Waals surface area contributed by atoms with Crippen molar-refractivity contribution in [2.75, 3.05) is 0 Å². The van der Waals surface area contributed by atoms with Gasteiger partial charge in [-0.05, 0) is 73.5 Å². The molecule has 2 rings (SSSR count). The number of aliphatic hydroxyl groups is 2. The van der Waals surface area contributed by atoms with Crippen LogP contribution in [0.3, 0.4) is 0 Å². The smallest absolute Gasteiger partial charge is 0.0596 e. The average Bonchev–Trinajstić information content (AvgIpc) is 2.58. The summed E-state index contributed by atoms with van der Waals surface area (Å²) in [7, 11) is 0. The van der Waals surface area contributed by atoms with Gasteiger partial charge >= 0.3 is 0 Å². The van der Waals surface area contributed by atoms with Crippen molar-refractivity contribution < 1.29 is 10.2 Å². The molecule has 2 saturated carbocycles. The highest BCUT2D eigenvalue weighted by Gasteiger charge is 2.45. The molecule has 0 bridgehead atoms. The minimum absolute atomic E-state index is 0.172. The summed E-state index contributed by atoms with van der Waals surface area (Å²) in [5, 5.41) is 21.9. The van der Waals surface area contributed by atoms with E-state index in [1.165, 1.54) is 38.5 Å². The van der Waals surface area contributed by atoms with E-state index in [1.807, 2.05) is 0 Å². The SMILES string of the molecule is CCCC(C1CC(CC)CC(C)C1O)C1CC(CC)CC(C)C1O. The second-order valence-corrected chi connectivity index (χ2v) is 9.21. The lowest BCUT2D eigenvalue weighted by molar-refractivity contribution is -0.0855. The number of aliphatic hydroxyl groups excluding tert-OH is 2. The van der Waals surface area contributed by atoms with Crippen molar-refractivity contribution in [3.8, 4) is 0 Å². The van der Waals surface area contributed by atoms with Gasteiger partial charge in [-0.15, -0.1) is 0 Å². The van der Waals surface area contributed by atoms with E-state index in [1.54, 1.807) is 0 Å². The van der Waals surface area contributed by atoms with Gasteiger partial charge in [0.1, 0.15) is 0 Å². The van der Waals surface area contributed by atoms with Crippen LogP contribution < -0.4 is 0 Å². The molecule has 0 aromatic heterocycles. The van der Waals surface area contributed by atoms with Crippen LogP contribution in [-0.4, -0.2) is 22.4 Å². The third kappa shape index (κ3) is 4.36. The maximum Gasteiger partial charge on any atom is 0.0596 e. The Labute approximate surface area is 150 Å². The van der Waals surface area contributed by atoms with Crippen LogP contribution in [-0.2, 0) is 0 Å². The molecule has 0 aromatic rings. The fourth-order valence-corrected chi connectivity index (χ4v) is 6.02. The molecular formula is C22H42O2. The van der Waals surface area contributed by atoms with Gasteiger partial charge in [-0.25, -0.2) is 0 Å². The molecule has 2 aliphatic carbocycles. The van der Waals surface area contributed by atoms with Crippen LogP contribution in [0.2, 0.25) is 0 Å². The predicted molar refractivity (Wildman–Crippen MR) is 102 cm³/mol. The summed E-state index contributed by atoms with van der Waals surface area (Å²) >= 11 is 0. The molecule has 2 heteroatoms. The average molecular weight is 339 g/mol. The Morgan fingerprint density at radius 3 is 1.50 bits per heavy atom. The van der Waals surface area contributed by atoms with Crippen molar-refractivity contribution in [1.29, 1.82) is 0 Å². The minimum Gasteiger partial charge on any atom is -0.393 e. The standard InChI is InChI=1S/C22H42O2/c1-6-9-18(19-12-16(7-2)10-14(4)21(19)23)20-13-17(8-3)11-15(5)22(20)24/h14-24H,6-13H2,1-5H3. The maximum atomic E-state index is 11.0. The molecule has 0 radical (unpaired) electrons. The zero-order valence-electron chi connectivity index (χ0n) is 16.7. The van der Waals surface area contributed by atoms with Crippen molar-refractivity contribution in [1.82, 2.24) is 0 Å². The van der Waals surface area contributed by atoms with Gasteiger partial charge in [0.2, 0.25) is 0 Å². The molecule has 24 heavy (non-hydrogen) atoms. The molecule has 142 valence electrons. The lowest BCUT2D eigenvalue weighted by Crippen LogP contribution is -2.47. The van der Waals surface area contributed by atoms with Crippen LogP contribution in [0.1, 0.15) is 86.0 Å². The van der Waals surface area contributed by atoms with E-state index in [4.69, 9.17) is 0 Å². The van der Waals surface area contributed by atoms with Gasteiger partial charge in [0.25, 0.3) is 0 Å². The molecule has 0 heterocycles. The van der Waals surface area contributed by atoms with Crippen molar-refractivity contribution >= 4 is 0 Å². The number of hydrogen-bond acceptors (Lipinski definition) is 2. The molecule has 2 N–H and O–H groups in total. The summed E-state index contributed by atoms with van der Waals surface area (Å²) in [4.78, 5) is 0. The maximum absolute atomic E-state index is 11.0. The third-order valence-electron chi connectivity index (χ3n) is 7.54. The fourth-order valence-electron chi connectivity index (χ4n) is 6.02. The Balaban J connectivity index is 2.22. The molecule has 0 aliphatic heterocycles. The van der Waals surface area contributed by atoms with E-state index in [0.29, 0.717) is 29.6 Å². The highest BCUT2D eigenvalue weighted by atomic mass is 16.3. The van der Waals surface area contributed by atoms with E-state index in [2.05, 4.69) is 34.6 Å². The molecule has 0 aromatic carbocycles. The first-order valence-electron chi connectivity index (χ1n) is 10.8. The van der Waals surface area contributed by atoms with E-state index in [9.17, 15) is 10.2 Å². The summed E-state index contributed by atoms with van der Waals surface area (Å²) < 4.78 is 0. The summed E-state index contributed by atoms with van der Waals surface area (Å²) in [6.07, 6.45) is 9.12. The van der Waals surface area contributed by atoms with Crippen LogP contribution in [0, 0.1) is 41.4 Å². The van der Waals surface area contributed by atoms with Crippen molar-refractivity contribution in [3.05, 3.63) is 0 Å². The van der Waals surface area contributed by atoms with Gasteiger partial charge in [-0.2, -0.15) is 0 Å². The van der Waals surface area contributed by atoms with Crippen LogP contribution in [0.4, 0.5) is 0 Å². The molecule has 8 unspecified atom stereocenters. The van der Waals surface area contributed by atoms with Gasteiger partial charge in [0, 0.05) is 0 Å². The quantitative estimate of drug-likeness (QED) is 0.692. The summed E-state index contributed by atoms with van der Waals surface area (Å²) in [6.45, 7) is 11.3. The van der Waals surface area contributed by atoms with Crippen molar-refractivity contribution in [2.45, 2.75) is 98.2 Å². The van der Waals surface area contributed by atoms with E-state index < -0.39 is 0 Å². The molecule has 2 aliphatic rings. The zero-order chi connectivity index (χ0) is 17.9. The van der Waals surface area contributed by atoms with E-state index in [0.717, 1.165) is 24.7 Å². The Hall–Kier alpha value is -0.0800. The molecule has 0 amide bonds. The molecule has 0 spiro atoms. The monoisotopic (exact) mass is 338 g/mol. The normalized spacial score (nSPS) is 45.1. The van der Waals surface area contributed by atoms with Gasteiger partial charge in [0.05, 0.1) is 12.2 Å². The Kier molecular flexibility index (Phi) is 7.61. The summed E-state index contributed by atoms with van der Waals surface area (Å²) in [5.74, 6) is 3.61. The largest absolute Gasteiger partial charge is 0.393 e. The van der Waals surface area contributed by atoms with E-state index >= 15 is 0 Å². The zero-order valence-corrected chi connectivity index (χ0v) is 16.7. The Bertz CT molecular complexity index is 337. The van der Waals surface area contributed by atoms with E-state index in [-0.39, 0.29) is 12.2 Å². The van der Waals surface area contributed by atoms with Crippen molar-refractivity contribution in [2.24, 2.45) is 41.4 Å². The molecule has 0 saturated heterocycles. The van der Waals surface area contributed by atoms with Crippen LogP contribution in [0.15, 0.2) is 0 Å². The third-order valence-corrected chi connectivity index (χ3v) is 7.54. The first-order valence-corrected chi connectivity index (χ1v) is 10.8. The number of hydrogen-bond donors (Lipinski definition) is 2. The minimum atomic E-state index is -0.172. The first-order chi connectivity index (χ1) is 11.4. The Morgan fingerprint density at radius 2 is 1.17 bits per heavy atom. The lowest BCUT2D eigenvalue weighted by Gasteiger charge is -2.48. The molecular weight excluding hydrogens is 296 g/mol. The lowest BCUT2D eigenvalue weighted by atomic mass is 9.59. The predicted octanol–water partition coefficient (Wildman–Crippen LogP) is 5.27. The van der Waals surface area contributed by atoms with Crippen molar-refractivity contribution in [3.63, 3.8) is 0 Å². The fraction of sp³-hybridized carbons (Fsp3) is 1.00. The second kappa shape index (κ2) is 9.03. The second-order valence-electron chi connectivity index (χ2n) is 9.21. The molecule has 2 fully saturated rings. The van der Waals surface area contributed by atoms with Gasteiger partial charge in [-0.1, -0.05) is 53.9 Å².